The van der Waals surface area contributed by atoms with Crippen molar-refractivity contribution in [3.63, 3.8) is 0 Å². The van der Waals surface area contributed by atoms with Gasteiger partial charge in [-0.1, -0.05) is 25.1 Å². The molecule has 0 amide bonds. The van der Waals surface area contributed by atoms with Gasteiger partial charge in [0.1, 0.15) is 28.7 Å². The summed E-state index contributed by atoms with van der Waals surface area (Å²) in [6.45, 7) is 1.93. The zero-order chi connectivity index (χ0) is 22.5. The molecule has 5 heteroatoms. The van der Waals surface area contributed by atoms with Gasteiger partial charge in [0.2, 0.25) is 0 Å². The first kappa shape index (κ1) is 21.2. The van der Waals surface area contributed by atoms with E-state index in [0.717, 1.165) is 34.1 Å². The maximum atomic E-state index is 11.7. The highest BCUT2D eigenvalue weighted by atomic mass is 16.5. The summed E-state index contributed by atoms with van der Waals surface area (Å²) in [6, 6.07) is 23.8. The Morgan fingerprint density at radius 1 is 0.844 bits per heavy atom. The minimum atomic E-state index is -0.253. The van der Waals surface area contributed by atoms with Crippen molar-refractivity contribution in [2.45, 2.75) is 19.8 Å². The third kappa shape index (κ3) is 4.67. The Morgan fingerprint density at radius 2 is 1.53 bits per heavy atom. The van der Waals surface area contributed by atoms with Crippen molar-refractivity contribution < 1.29 is 24.1 Å². The number of phenolic OH excluding ortho intramolecular Hbond substituents is 1. The monoisotopic (exact) mass is 428 g/mol. The number of fused-ring (bicyclic) bond motifs is 1. The molecule has 0 saturated carbocycles. The molecule has 4 rings (SSSR count). The van der Waals surface area contributed by atoms with Crippen molar-refractivity contribution in [2.24, 2.45) is 0 Å². The highest BCUT2D eigenvalue weighted by molar-refractivity contribution is 5.96. The van der Waals surface area contributed by atoms with E-state index in [2.05, 4.69) is 0 Å². The van der Waals surface area contributed by atoms with E-state index in [0.29, 0.717) is 23.7 Å². The number of hydrogen-bond acceptors (Lipinski definition) is 5. The Kier molecular flexibility index (Phi) is 6.26. The number of ether oxygens (including phenoxy) is 3. The fraction of sp³-hybridized carbons (Fsp3) is 0.148. The summed E-state index contributed by atoms with van der Waals surface area (Å²) in [5, 5.41) is 11.6. The molecule has 0 spiro atoms. The fourth-order valence-electron chi connectivity index (χ4n) is 3.48. The normalized spacial score (nSPS) is 10.7. The van der Waals surface area contributed by atoms with Crippen molar-refractivity contribution >= 4 is 16.7 Å². The standard InChI is InChI=1S/C27H24O5/c1-3-4-26(29)31-22-11-13-23(14-12-22)32-27-24(18-5-9-21(30-2)10-6-18)15-7-19-17-20(28)8-16-25(19)27/h5-17,28H,3-4H2,1-2H3. The van der Waals surface area contributed by atoms with E-state index in [1.807, 2.05) is 49.4 Å². The number of esters is 1. The Labute approximate surface area is 186 Å². The first-order valence-electron chi connectivity index (χ1n) is 10.5. The number of carbonyl (C=O) groups is 1. The molecule has 4 aromatic rings. The molecule has 0 radical (unpaired) electrons. The molecular weight excluding hydrogens is 404 g/mol. The minimum Gasteiger partial charge on any atom is -0.508 e. The van der Waals surface area contributed by atoms with E-state index >= 15 is 0 Å². The van der Waals surface area contributed by atoms with Crippen LogP contribution in [0.25, 0.3) is 21.9 Å². The molecule has 0 saturated heterocycles. The van der Waals surface area contributed by atoms with Gasteiger partial charge in [-0.15, -0.1) is 0 Å². The van der Waals surface area contributed by atoms with Gasteiger partial charge in [-0.3, -0.25) is 4.79 Å². The summed E-state index contributed by atoms with van der Waals surface area (Å²) < 4.78 is 16.9. The average Bonchev–Trinajstić information content (AvgIpc) is 2.80. The summed E-state index contributed by atoms with van der Waals surface area (Å²) >= 11 is 0. The molecule has 0 heterocycles. The molecule has 4 aromatic carbocycles. The second kappa shape index (κ2) is 9.43. The molecule has 0 fully saturated rings. The van der Waals surface area contributed by atoms with Gasteiger partial charge < -0.3 is 19.3 Å². The number of benzene rings is 4. The fourth-order valence-corrected chi connectivity index (χ4v) is 3.48. The lowest BCUT2D eigenvalue weighted by Gasteiger charge is -2.15. The molecule has 0 aliphatic heterocycles. The van der Waals surface area contributed by atoms with E-state index < -0.39 is 0 Å². The third-order valence-electron chi connectivity index (χ3n) is 5.08. The largest absolute Gasteiger partial charge is 0.508 e. The van der Waals surface area contributed by atoms with Crippen LogP contribution in [0.5, 0.6) is 28.7 Å². The maximum Gasteiger partial charge on any atom is 0.311 e. The number of phenols is 1. The summed E-state index contributed by atoms with van der Waals surface area (Å²) in [6.07, 6.45) is 1.12. The molecule has 162 valence electrons. The quantitative estimate of drug-likeness (QED) is 0.261. The van der Waals surface area contributed by atoms with Crippen LogP contribution >= 0.6 is 0 Å². The molecule has 0 bridgehead atoms. The van der Waals surface area contributed by atoms with Gasteiger partial charge >= 0.3 is 5.97 Å². The van der Waals surface area contributed by atoms with Crippen LogP contribution in [0.1, 0.15) is 19.8 Å². The number of aromatic hydroxyl groups is 1. The molecule has 5 nitrogen and oxygen atoms in total. The predicted octanol–water partition coefficient (Wildman–Crippen LogP) is 6.72. The lowest BCUT2D eigenvalue weighted by atomic mass is 9.99. The average molecular weight is 428 g/mol. The van der Waals surface area contributed by atoms with Crippen LogP contribution in [0.15, 0.2) is 78.9 Å². The SMILES string of the molecule is CCCC(=O)Oc1ccc(Oc2c(-c3ccc(OC)cc3)ccc3cc(O)ccc23)cc1. The van der Waals surface area contributed by atoms with Gasteiger partial charge in [-0.25, -0.2) is 0 Å². The smallest absolute Gasteiger partial charge is 0.311 e. The van der Waals surface area contributed by atoms with Crippen LogP contribution in [0.4, 0.5) is 0 Å². The Balaban J connectivity index is 1.71. The van der Waals surface area contributed by atoms with Crippen molar-refractivity contribution in [1.82, 2.24) is 0 Å². The van der Waals surface area contributed by atoms with E-state index in [1.54, 1.807) is 43.5 Å². The number of hydrogen-bond donors (Lipinski definition) is 1. The molecule has 0 unspecified atom stereocenters. The van der Waals surface area contributed by atoms with Gasteiger partial charge in [0, 0.05) is 17.4 Å². The van der Waals surface area contributed by atoms with Gasteiger partial charge in [-0.05, 0) is 78.0 Å². The Hall–Kier alpha value is -3.99. The Bertz CT molecular complexity index is 1230. The van der Waals surface area contributed by atoms with Gasteiger partial charge in [0.15, 0.2) is 0 Å². The molecule has 32 heavy (non-hydrogen) atoms. The third-order valence-corrected chi connectivity index (χ3v) is 5.08. The van der Waals surface area contributed by atoms with Crippen molar-refractivity contribution in [3.05, 3.63) is 78.9 Å². The molecule has 0 aliphatic rings. The van der Waals surface area contributed by atoms with E-state index in [-0.39, 0.29) is 11.7 Å². The van der Waals surface area contributed by atoms with Crippen molar-refractivity contribution in [3.8, 4) is 39.9 Å². The lowest BCUT2D eigenvalue weighted by Crippen LogP contribution is -2.06. The van der Waals surface area contributed by atoms with Crippen LogP contribution in [-0.4, -0.2) is 18.2 Å². The van der Waals surface area contributed by atoms with Gasteiger partial charge in [0.25, 0.3) is 0 Å². The van der Waals surface area contributed by atoms with Crippen LogP contribution < -0.4 is 14.2 Å². The van der Waals surface area contributed by atoms with Crippen LogP contribution in [0, 0.1) is 0 Å². The first-order valence-corrected chi connectivity index (χ1v) is 10.5. The second-order valence-corrected chi connectivity index (χ2v) is 7.37. The zero-order valence-electron chi connectivity index (χ0n) is 18.0. The molecule has 0 aromatic heterocycles. The number of methoxy groups -OCH3 is 1. The van der Waals surface area contributed by atoms with Gasteiger partial charge in [-0.2, -0.15) is 0 Å². The molecule has 1 N–H and O–H groups in total. The molecule has 0 aliphatic carbocycles. The topological polar surface area (TPSA) is 65.0 Å². The van der Waals surface area contributed by atoms with E-state index in [9.17, 15) is 9.90 Å². The summed E-state index contributed by atoms with van der Waals surface area (Å²) in [7, 11) is 1.63. The summed E-state index contributed by atoms with van der Waals surface area (Å²) in [5.41, 5.74) is 1.88. The van der Waals surface area contributed by atoms with Gasteiger partial charge in [0.05, 0.1) is 7.11 Å². The number of rotatable bonds is 7. The lowest BCUT2D eigenvalue weighted by molar-refractivity contribution is -0.134. The van der Waals surface area contributed by atoms with E-state index in [4.69, 9.17) is 14.2 Å². The first-order chi connectivity index (χ1) is 15.6. The Morgan fingerprint density at radius 3 is 2.22 bits per heavy atom. The van der Waals surface area contributed by atoms with Crippen LogP contribution in [0.3, 0.4) is 0 Å². The molecule has 0 atom stereocenters. The van der Waals surface area contributed by atoms with E-state index in [1.165, 1.54) is 0 Å². The second-order valence-electron chi connectivity index (χ2n) is 7.37. The minimum absolute atomic E-state index is 0.193. The van der Waals surface area contributed by atoms with Crippen LogP contribution in [0.2, 0.25) is 0 Å². The zero-order valence-corrected chi connectivity index (χ0v) is 18.0. The summed E-state index contributed by atoms with van der Waals surface area (Å²) in [5.74, 6) is 2.47. The highest BCUT2D eigenvalue weighted by Crippen LogP contribution is 2.41. The van der Waals surface area contributed by atoms with Crippen molar-refractivity contribution in [1.29, 1.82) is 0 Å². The van der Waals surface area contributed by atoms with Crippen molar-refractivity contribution in [2.75, 3.05) is 7.11 Å². The maximum absolute atomic E-state index is 11.7. The van der Waals surface area contributed by atoms with Crippen LogP contribution in [-0.2, 0) is 4.79 Å². The predicted molar refractivity (Wildman–Crippen MR) is 125 cm³/mol. The summed E-state index contributed by atoms with van der Waals surface area (Å²) in [4.78, 5) is 11.7. The number of carbonyl (C=O) groups excluding carboxylic acids is 1. The molecular formula is C27H24O5. The highest BCUT2D eigenvalue weighted by Gasteiger charge is 2.14.